The van der Waals surface area contributed by atoms with E-state index in [2.05, 4.69) is 4.98 Å². The van der Waals surface area contributed by atoms with Crippen LogP contribution in [-0.2, 0) is 4.74 Å². The molecule has 3 rings (SSSR count). The highest BCUT2D eigenvalue weighted by atomic mass is 32.1. The molecule has 1 amide bonds. The van der Waals surface area contributed by atoms with Gasteiger partial charge in [-0.15, -0.1) is 11.3 Å². The average Bonchev–Trinajstić information content (AvgIpc) is 3.02. The number of benzene rings is 1. The number of aromatic nitrogens is 1. The molecule has 4 nitrogen and oxygen atoms in total. The van der Waals surface area contributed by atoms with Gasteiger partial charge in [0.1, 0.15) is 5.01 Å². The summed E-state index contributed by atoms with van der Waals surface area (Å²) in [7, 11) is 0. The molecule has 0 N–H and O–H groups in total. The normalized spacial score (nSPS) is 15.5. The smallest absolute Gasteiger partial charge is 0.254 e. The maximum absolute atomic E-state index is 12.4. The molecule has 0 atom stereocenters. The summed E-state index contributed by atoms with van der Waals surface area (Å²) in [6.07, 6.45) is 1.77. The Morgan fingerprint density at radius 3 is 2.89 bits per heavy atom. The highest BCUT2D eigenvalue weighted by molar-refractivity contribution is 7.13. The predicted molar refractivity (Wildman–Crippen MR) is 74.3 cm³/mol. The minimum Gasteiger partial charge on any atom is -0.378 e. The van der Waals surface area contributed by atoms with Crippen LogP contribution < -0.4 is 0 Å². The number of carbonyl (C=O) groups excluding carboxylic acids is 1. The molecule has 5 heteroatoms. The lowest BCUT2D eigenvalue weighted by Crippen LogP contribution is -2.40. The summed E-state index contributed by atoms with van der Waals surface area (Å²) in [6.45, 7) is 2.58. The number of amides is 1. The molecule has 0 saturated carbocycles. The van der Waals surface area contributed by atoms with Crippen LogP contribution in [0.15, 0.2) is 35.8 Å². The molecule has 1 aromatic heterocycles. The summed E-state index contributed by atoms with van der Waals surface area (Å²) in [5.41, 5.74) is 1.71. The molecule has 0 unspecified atom stereocenters. The molecule has 1 fully saturated rings. The van der Waals surface area contributed by atoms with Crippen molar-refractivity contribution in [3.05, 3.63) is 41.4 Å². The largest absolute Gasteiger partial charge is 0.378 e. The van der Waals surface area contributed by atoms with E-state index in [0.29, 0.717) is 26.3 Å². The molecule has 2 heterocycles. The molecule has 19 heavy (non-hydrogen) atoms. The third kappa shape index (κ3) is 2.67. The van der Waals surface area contributed by atoms with Gasteiger partial charge in [0.05, 0.1) is 13.2 Å². The van der Waals surface area contributed by atoms with Gasteiger partial charge in [-0.2, -0.15) is 0 Å². The van der Waals surface area contributed by atoms with Crippen molar-refractivity contribution in [3.8, 4) is 10.6 Å². The van der Waals surface area contributed by atoms with Crippen molar-refractivity contribution >= 4 is 17.2 Å². The van der Waals surface area contributed by atoms with Gasteiger partial charge in [0.15, 0.2) is 0 Å². The van der Waals surface area contributed by atoms with Gasteiger partial charge in [-0.1, -0.05) is 12.1 Å². The Balaban J connectivity index is 1.84. The zero-order valence-corrected chi connectivity index (χ0v) is 11.2. The monoisotopic (exact) mass is 274 g/mol. The third-order valence-corrected chi connectivity index (χ3v) is 3.91. The Kier molecular flexibility index (Phi) is 3.57. The van der Waals surface area contributed by atoms with Crippen molar-refractivity contribution in [3.63, 3.8) is 0 Å². The summed E-state index contributed by atoms with van der Waals surface area (Å²) in [6, 6.07) is 7.66. The van der Waals surface area contributed by atoms with Crippen molar-refractivity contribution in [2.75, 3.05) is 26.3 Å². The molecule has 1 aromatic carbocycles. The molecule has 0 radical (unpaired) electrons. The summed E-state index contributed by atoms with van der Waals surface area (Å²) >= 11 is 1.58. The fraction of sp³-hybridized carbons (Fsp3) is 0.286. The minimum atomic E-state index is 0.0710. The van der Waals surface area contributed by atoms with Gasteiger partial charge < -0.3 is 9.64 Å². The SMILES string of the molecule is O=C(c1cccc(-c2nccs2)c1)N1CCOCC1. The molecule has 2 aromatic rings. The molecule has 98 valence electrons. The molecule has 0 bridgehead atoms. The van der Waals surface area contributed by atoms with Crippen LogP contribution in [-0.4, -0.2) is 42.1 Å². The Morgan fingerprint density at radius 1 is 1.32 bits per heavy atom. The standard InChI is InChI=1S/C14H14N2O2S/c17-14(16-5-7-18-8-6-16)12-3-1-2-11(10-12)13-15-4-9-19-13/h1-4,9-10H,5-8H2. The number of rotatable bonds is 2. The highest BCUT2D eigenvalue weighted by Gasteiger charge is 2.18. The van der Waals surface area contributed by atoms with Crippen LogP contribution in [0.1, 0.15) is 10.4 Å². The number of hydrogen-bond acceptors (Lipinski definition) is 4. The molecule has 1 aliphatic heterocycles. The lowest BCUT2D eigenvalue weighted by atomic mass is 10.1. The maximum Gasteiger partial charge on any atom is 0.254 e. The number of nitrogens with zero attached hydrogens (tertiary/aromatic N) is 2. The number of morpholine rings is 1. The first kappa shape index (κ1) is 12.3. The van der Waals surface area contributed by atoms with Crippen LogP contribution in [0.25, 0.3) is 10.6 Å². The van der Waals surface area contributed by atoms with E-state index in [9.17, 15) is 4.79 Å². The second-order valence-corrected chi connectivity index (χ2v) is 5.22. The van der Waals surface area contributed by atoms with E-state index in [0.717, 1.165) is 16.1 Å². The van der Waals surface area contributed by atoms with Crippen molar-refractivity contribution in [1.29, 1.82) is 0 Å². The van der Waals surface area contributed by atoms with Gasteiger partial charge in [-0.05, 0) is 12.1 Å². The van der Waals surface area contributed by atoms with Gasteiger partial charge in [-0.25, -0.2) is 4.98 Å². The van der Waals surface area contributed by atoms with E-state index in [-0.39, 0.29) is 5.91 Å². The maximum atomic E-state index is 12.4. The van der Waals surface area contributed by atoms with E-state index in [1.165, 1.54) is 0 Å². The summed E-state index contributed by atoms with van der Waals surface area (Å²) in [5.74, 6) is 0.0710. The number of carbonyl (C=O) groups is 1. The quantitative estimate of drug-likeness (QED) is 0.843. The molecule has 0 spiro atoms. The van der Waals surface area contributed by atoms with Crippen molar-refractivity contribution in [2.45, 2.75) is 0 Å². The zero-order valence-electron chi connectivity index (χ0n) is 10.4. The molecule has 0 aliphatic carbocycles. The molecular weight excluding hydrogens is 260 g/mol. The van der Waals surface area contributed by atoms with Crippen LogP contribution in [0.4, 0.5) is 0 Å². The Morgan fingerprint density at radius 2 is 2.16 bits per heavy atom. The second kappa shape index (κ2) is 5.50. The topological polar surface area (TPSA) is 42.4 Å². The minimum absolute atomic E-state index is 0.0710. The Labute approximate surface area is 115 Å². The average molecular weight is 274 g/mol. The van der Waals surface area contributed by atoms with Crippen molar-refractivity contribution in [2.24, 2.45) is 0 Å². The van der Waals surface area contributed by atoms with Gasteiger partial charge in [0.2, 0.25) is 0 Å². The second-order valence-electron chi connectivity index (χ2n) is 4.32. The van der Waals surface area contributed by atoms with Crippen molar-refractivity contribution in [1.82, 2.24) is 9.88 Å². The van der Waals surface area contributed by atoms with Gasteiger partial charge in [-0.3, -0.25) is 4.79 Å². The number of thiazole rings is 1. The first-order valence-corrected chi connectivity index (χ1v) is 7.09. The summed E-state index contributed by atoms with van der Waals surface area (Å²) < 4.78 is 5.27. The number of hydrogen-bond donors (Lipinski definition) is 0. The first-order chi connectivity index (χ1) is 9.34. The Bertz CT molecular complexity index is 563. The van der Waals surface area contributed by atoms with Gasteiger partial charge >= 0.3 is 0 Å². The number of ether oxygens (including phenoxy) is 1. The van der Waals surface area contributed by atoms with E-state index >= 15 is 0 Å². The van der Waals surface area contributed by atoms with Crippen molar-refractivity contribution < 1.29 is 9.53 Å². The molecule has 1 aliphatic rings. The van der Waals surface area contributed by atoms with Crippen LogP contribution in [0.5, 0.6) is 0 Å². The van der Waals surface area contributed by atoms with E-state index in [1.807, 2.05) is 34.5 Å². The lowest BCUT2D eigenvalue weighted by Gasteiger charge is -2.26. The van der Waals surface area contributed by atoms with E-state index in [1.54, 1.807) is 17.5 Å². The Hall–Kier alpha value is -1.72. The summed E-state index contributed by atoms with van der Waals surface area (Å²) in [4.78, 5) is 18.5. The van der Waals surface area contributed by atoms with E-state index < -0.39 is 0 Å². The third-order valence-electron chi connectivity index (χ3n) is 3.09. The van der Waals surface area contributed by atoms with Gasteiger partial charge in [0, 0.05) is 35.8 Å². The van der Waals surface area contributed by atoms with Gasteiger partial charge in [0.25, 0.3) is 5.91 Å². The van der Waals surface area contributed by atoms with Crippen LogP contribution >= 0.6 is 11.3 Å². The fourth-order valence-corrected chi connectivity index (χ4v) is 2.74. The lowest BCUT2D eigenvalue weighted by molar-refractivity contribution is 0.0303. The summed E-state index contributed by atoms with van der Waals surface area (Å²) in [5, 5.41) is 2.88. The van der Waals surface area contributed by atoms with Crippen LogP contribution in [0, 0.1) is 0 Å². The van der Waals surface area contributed by atoms with E-state index in [4.69, 9.17) is 4.74 Å². The van der Waals surface area contributed by atoms with Crippen LogP contribution in [0.2, 0.25) is 0 Å². The zero-order chi connectivity index (χ0) is 13.1. The molecular formula is C14H14N2O2S. The fourth-order valence-electron chi connectivity index (χ4n) is 2.10. The predicted octanol–water partition coefficient (Wildman–Crippen LogP) is 2.28. The van der Waals surface area contributed by atoms with Crippen LogP contribution in [0.3, 0.4) is 0 Å². The molecule has 1 saturated heterocycles. The first-order valence-electron chi connectivity index (χ1n) is 6.21. The highest BCUT2D eigenvalue weighted by Crippen LogP contribution is 2.23.